The van der Waals surface area contributed by atoms with Crippen LogP contribution in [-0.2, 0) is 4.74 Å². The van der Waals surface area contributed by atoms with Crippen LogP contribution in [0.2, 0.25) is 0 Å². The Morgan fingerprint density at radius 1 is 1.33 bits per heavy atom. The summed E-state index contributed by atoms with van der Waals surface area (Å²) in [7, 11) is 1.25. The van der Waals surface area contributed by atoms with Crippen molar-refractivity contribution >= 4 is 11.8 Å². The number of esters is 1. The van der Waals surface area contributed by atoms with Crippen molar-refractivity contribution in [3.8, 4) is 5.82 Å². The molecule has 0 aromatic carbocycles. The summed E-state index contributed by atoms with van der Waals surface area (Å²) < 4.78 is 5.80. The number of rotatable bonds is 3. The summed E-state index contributed by atoms with van der Waals surface area (Å²) in [6.45, 7) is 1.46. The van der Waals surface area contributed by atoms with Gasteiger partial charge in [0.15, 0.2) is 11.6 Å². The van der Waals surface area contributed by atoms with Crippen molar-refractivity contribution in [2.75, 3.05) is 7.11 Å². The molecular weight excluding hydrogens is 236 g/mol. The molecule has 0 atom stereocenters. The molecular formula is C11H10N4O3. The van der Waals surface area contributed by atoms with Crippen LogP contribution in [-0.4, -0.2) is 38.6 Å². The van der Waals surface area contributed by atoms with Crippen molar-refractivity contribution in [1.82, 2.24) is 19.7 Å². The summed E-state index contributed by atoms with van der Waals surface area (Å²) in [6, 6.07) is 3.17. The number of hydrogen-bond acceptors (Lipinski definition) is 6. The molecule has 0 saturated carbocycles. The molecule has 0 amide bonds. The zero-order valence-corrected chi connectivity index (χ0v) is 9.82. The number of Topliss-reactive ketones (excluding diaryl/α,β-unsaturated/α-hetero) is 1. The van der Waals surface area contributed by atoms with Crippen molar-refractivity contribution in [3.63, 3.8) is 0 Å². The SMILES string of the molecule is COC(=O)c1ncn(-c2cc(C(C)=O)ccn2)n1. The standard InChI is InChI=1S/C11H10N4O3/c1-7(16)8-3-4-12-9(5-8)15-6-13-10(14-15)11(17)18-2/h3-6H,1-2H3. The number of carbonyl (C=O) groups is 2. The van der Waals surface area contributed by atoms with E-state index in [1.807, 2.05) is 0 Å². The zero-order chi connectivity index (χ0) is 13.1. The van der Waals surface area contributed by atoms with Gasteiger partial charge in [0.05, 0.1) is 7.11 Å². The van der Waals surface area contributed by atoms with E-state index in [1.54, 1.807) is 12.1 Å². The summed E-state index contributed by atoms with van der Waals surface area (Å²) in [5.41, 5.74) is 0.509. The van der Waals surface area contributed by atoms with Gasteiger partial charge in [0, 0.05) is 11.8 Å². The first-order chi connectivity index (χ1) is 8.61. The summed E-state index contributed by atoms with van der Waals surface area (Å²) in [4.78, 5) is 30.3. The average molecular weight is 246 g/mol. The lowest BCUT2D eigenvalue weighted by Crippen LogP contribution is -2.06. The number of aromatic nitrogens is 4. The van der Waals surface area contributed by atoms with Gasteiger partial charge in [-0.15, -0.1) is 5.10 Å². The molecule has 0 unspecified atom stereocenters. The Morgan fingerprint density at radius 2 is 2.11 bits per heavy atom. The van der Waals surface area contributed by atoms with E-state index < -0.39 is 5.97 Å². The first-order valence-corrected chi connectivity index (χ1v) is 5.09. The van der Waals surface area contributed by atoms with Gasteiger partial charge >= 0.3 is 5.97 Å². The third-order valence-electron chi connectivity index (χ3n) is 2.25. The van der Waals surface area contributed by atoms with E-state index in [9.17, 15) is 9.59 Å². The quantitative estimate of drug-likeness (QED) is 0.583. The molecule has 92 valence electrons. The topological polar surface area (TPSA) is 87.0 Å². The summed E-state index contributed by atoms with van der Waals surface area (Å²) >= 11 is 0. The molecule has 0 aliphatic carbocycles. The second-order valence-electron chi connectivity index (χ2n) is 3.46. The van der Waals surface area contributed by atoms with E-state index in [0.29, 0.717) is 11.4 Å². The van der Waals surface area contributed by atoms with Crippen LogP contribution in [0.1, 0.15) is 27.9 Å². The van der Waals surface area contributed by atoms with E-state index in [0.717, 1.165) is 0 Å². The molecule has 0 N–H and O–H groups in total. The monoisotopic (exact) mass is 246 g/mol. The predicted octanol–water partition coefficient (Wildman–Crippen LogP) is 0.651. The number of nitrogens with zero attached hydrogens (tertiary/aromatic N) is 4. The average Bonchev–Trinajstić information content (AvgIpc) is 2.87. The maximum Gasteiger partial charge on any atom is 0.377 e. The van der Waals surface area contributed by atoms with Crippen LogP contribution in [0.25, 0.3) is 5.82 Å². The second kappa shape index (κ2) is 4.74. The largest absolute Gasteiger partial charge is 0.463 e. The normalized spacial score (nSPS) is 10.1. The molecule has 2 aromatic rings. The Kier molecular flexibility index (Phi) is 3.13. The second-order valence-corrected chi connectivity index (χ2v) is 3.46. The van der Waals surface area contributed by atoms with E-state index >= 15 is 0 Å². The minimum atomic E-state index is -0.628. The molecule has 18 heavy (non-hydrogen) atoms. The fourth-order valence-corrected chi connectivity index (χ4v) is 1.32. The Balaban J connectivity index is 2.37. The number of carbonyl (C=O) groups excluding carboxylic acids is 2. The minimum Gasteiger partial charge on any atom is -0.463 e. The Hall–Kier alpha value is -2.57. The minimum absolute atomic E-state index is 0.0625. The van der Waals surface area contributed by atoms with Crippen LogP contribution in [0, 0.1) is 0 Å². The highest BCUT2D eigenvalue weighted by atomic mass is 16.5. The van der Waals surface area contributed by atoms with Gasteiger partial charge < -0.3 is 4.74 Å². The number of hydrogen-bond donors (Lipinski definition) is 0. The fourth-order valence-electron chi connectivity index (χ4n) is 1.32. The van der Waals surface area contributed by atoms with Crippen LogP contribution in [0.15, 0.2) is 24.7 Å². The van der Waals surface area contributed by atoms with Crippen LogP contribution >= 0.6 is 0 Å². The van der Waals surface area contributed by atoms with Crippen molar-refractivity contribution in [2.45, 2.75) is 6.92 Å². The van der Waals surface area contributed by atoms with Crippen LogP contribution in [0.3, 0.4) is 0 Å². The molecule has 0 radical (unpaired) electrons. The summed E-state index contributed by atoms with van der Waals surface area (Å²) in [5, 5.41) is 3.91. The molecule has 0 bridgehead atoms. The van der Waals surface area contributed by atoms with Crippen LogP contribution in [0.4, 0.5) is 0 Å². The molecule has 0 saturated heterocycles. The van der Waals surface area contributed by atoms with Gasteiger partial charge in [-0.1, -0.05) is 0 Å². The first kappa shape index (κ1) is 11.9. The van der Waals surface area contributed by atoms with Crippen molar-refractivity contribution in [1.29, 1.82) is 0 Å². The predicted molar refractivity (Wildman–Crippen MR) is 60.5 cm³/mol. The molecule has 0 aliphatic rings. The van der Waals surface area contributed by atoms with E-state index in [1.165, 1.54) is 31.2 Å². The summed E-state index contributed by atoms with van der Waals surface area (Å²) in [5.74, 6) is -0.360. The first-order valence-electron chi connectivity index (χ1n) is 5.09. The Bertz CT molecular complexity index is 606. The third kappa shape index (κ3) is 2.24. The van der Waals surface area contributed by atoms with Crippen LogP contribution in [0.5, 0.6) is 0 Å². The highest BCUT2D eigenvalue weighted by molar-refractivity contribution is 5.94. The van der Waals surface area contributed by atoms with Crippen molar-refractivity contribution in [3.05, 3.63) is 36.0 Å². The van der Waals surface area contributed by atoms with Gasteiger partial charge in [0.25, 0.3) is 5.82 Å². The molecule has 2 heterocycles. The number of pyridine rings is 1. The fraction of sp³-hybridized carbons (Fsp3) is 0.182. The van der Waals surface area contributed by atoms with Gasteiger partial charge in [-0.05, 0) is 19.1 Å². The Labute approximate surface area is 102 Å². The highest BCUT2D eigenvalue weighted by Gasteiger charge is 2.12. The van der Waals surface area contributed by atoms with E-state index in [2.05, 4.69) is 19.8 Å². The van der Waals surface area contributed by atoms with Crippen molar-refractivity contribution < 1.29 is 14.3 Å². The molecule has 0 aliphatic heterocycles. The van der Waals surface area contributed by atoms with E-state index in [4.69, 9.17) is 0 Å². The van der Waals surface area contributed by atoms with E-state index in [-0.39, 0.29) is 11.6 Å². The maximum atomic E-state index is 11.2. The molecule has 0 fully saturated rings. The molecule has 7 nitrogen and oxygen atoms in total. The third-order valence-corrected chi connectivity index (χ3v) is 2.25. The lowest BCUT2D eigenvalue weighted by atomic mass is 10.2. The number of methoxy groups -OCH3 is 1. The molecule has 2 rings (SSSR count). The summed E-state index contributed by atoms with van der Waals surface area (Å²) in [6.07, 6.45) is 2.82. The zero-order valence-electron chi connectivity index (χ0n) is 9.82. The molecule has 7 heteroatoms. The highest BCUT2D eigenvalue weighted by Crippen LogP contribution is 2.07. The lowest BCUT2D eigenvalue weighted by molar-refractivity contribution is 0.0586. The number of ether oxygens (including phenoxy) is 1. The smallest absolute Gasteiger partial charge is 0.377 e. The van der Waals surface area contributed by atoms with Gasteiger partial charge in [-0.3, -0.25) is 4.79 Å². The van der Waals surface area contributed by atoms with Gasteiger partial charge in [-0.25, -0.2) is 19.4 Å². The van der Waals surface area contributed by atoms with Gasteiger partial charge in [-0.2, -0.15) is 0 Å². The number of ketones is 1. The molecule has 2 aromatic heterocycles. The molecule has 0 spiro atoms. The lowest BCUT2D eigenvalue weighted by Gasteiger charge is -2.00. The van der Waals surface area contributed by atoms with Crippen LogP contribution < -0.4 is 0 Å². The maximum absolute atomic E-state index is 11.2. The Morgan fingerprint density at radius 3 is 2.78 bits per heavy atom. The van der Waals surface area contributed by atoms with Crippen molar-refractivity contribution in [2.24, 2.45) is 0 Å². The van der Waals surface area contributed by atoms with Gasteiger partial charge in [0.1, 0.15) is 6.33 Å². The van der Waals surface area contributed by atoms with Gasteiger partial charge in [0.2, 0.25) is 0 Å².